The Morgan fingerprint density at radius 1 is 1.11 bits per heavy atom. The van der Waals surface area contributed by atoms with Gasteiger partial charge in [-0.3, -0.25) is 24.0 Å². The Hall–Kier alpha value is -4.05. The number of carbonyl (C=O) groups excluding carboxylic acids is 3. The van der Waals surface area contributed by atoms with Crippen molar-refractivity contribution in [2.75, 3.05) is 19.1 Å². The summed E-state index contributed by atoms with van der Waals surface area (Å²) in [4.78, 5) is 45.4. The average Bonchev–Trinajstić information content (AvgIpc) is 3.31. The molecule has 37 heavy (non-hydrogen) atoms. The SMILES string of the molecule is C[C@H](NC(=O)C1(C)CC(c2ccc(-c3ccc(Cl)cc3)nc2)=NN(c2cnn(C)c2)C1=O)C(=O)N(C)C. The third kappa shape index (κ3) is 5.24. The van der Waals surface area contributed by atoms with Crippen LogP contribution in [0.4, 0.5) is 5.69 Å². The highest BCUT2D eigenvalue weighted by Gasteiger charge is 2.49. The summed E-state index contributed by atoms with van der Waals surface area (Å²) in [7, 11) is 4.94. The Bertz CT molecular complexity index is 1370. The number of benzene rings is 1. The molecule has 10 nitrogen and oxygen atoms in total. The highest BCUT2D eigenvalue weighted by Crippen LogP contribution is 2.35. The number of hydrogen-bond donors (Lipinski definition) is 1. The summed E-state index contributed by atoms with van der Waals surface area (Å²) in [6.45, 7) is 3.15. The number of nitrogens with one attached hydrogen (secondary N) is 1. The topological polar surface area (TPSA) is 113 Å². The third-order valence-electron chi connectivity index (χ3n) is 6.24. The van der Waals surface area contributed by atoms with Crippen molar-refractivity contribution < 1.29 is 14.4 Å². The van der Waals surface area contributed by atoms with Gasteiger partial charge in [0.1, 0.15) is 17.1 Å². The smallest absolute Gasteiger partial charge is 0.263 e. The second-order valence-electron chi connectivity index (χ2n) is 9.41. The first-order valence-corrected chi connectivity index (χ1v) is 12.0. The standard InChI is InChI=1S/C26H28ClN7O3/c1-16(23(35)32(3)4)30-24(36)26(2)12-22(31-34(25(26)37)20-14-29-33(5)15-20)18-8-11-21(28-13-18)17-6-9-19(27)10-7-17/h6-11,13-16H,12H2,1-5H3,(H,30,36)/t16-,26?/m0/s1. The minimum atomic E-state index is -1.53. The van der Waals surface area contributed by atoms with Gasteiger partial charge < -0.3 is 10.2 Å². The van der Waals surface area contributed by atoms with Gasteiger partial charge in [-0.05, 0) is 38.1 Å². The van der Waals surface area contributed by atoms with Crippen LogP contribution in [0.2, 0.25) is 5.02 Å². The Balaban J connectivity index is 1.69. The van der Waals surface area contributed by atoms with Crippen LogP contribution < -0.4 is 10.3 Å². The molecule has 0 saturated carbocycles. The van der Waals surface area contributed by atoms with Crippen molar-refractivity contribution in [1.29, 1.82) is 0 Å². The maximum absolute atomic E-state index is 13.6. The predicted molar refractivity (Wildman–Crippen MR) is 141 cm³/mol. The molecule has 2 atom stereocenters. The highest BCUT2D eigenvalue weighted by molar-refractivity contribution is 6.30. The second kappa shape index (κ2) is 10.1. The van der Waals surface area contributed by atoms with E-state index in [9.17, 15) is 14.4 Å². The van der Waals surface area contributed by atoms with Crippen molar-refractivity contribution in [3.8, 4) is 11.3 Å². The van der Waals surface area contributed by atoms with E-state index in [0.717, 1.165) is 11.3 Å². The fraction of sp³-hybridized carbons (Fsp3) is 0.308. The molecule has 192 valence electrons. The molecule has 0 aliphatic carbocycles. The molecule has 0 radical (unpaired) electrons. The Morgan fingerprint density at radius 3 is 2.35 bits per heavy atom. The predicted octanol–water partition coefficient (Wildman–Crippen LogP) is 2.88. The zero-order chi connectivity index (χ0) is 26.9. The Morgan fingerprint density at radius 2 is 1.78 bits per heavy atom. The van der Waals surface area contributed by atoms with E-state index < -0.39 is 23.3 Å². The summed E-state index contributed by atoms with van der Waals surface area (Å²) in [5.74, 6) is -1.36. The molecule has 0 saturated heterocycles. The fourth-order valence-electron chi connectivity index (χ4n) is 4.04. The number of amides is 3. The normalized spacial score (nSPS) is 18.3. The molecule has 1 aliphatic rings. The molecule has 1 aliphatic heterocycles. The zero-order valence-electron chi connectivity index (χ0n) is 21.3. The minimum Gasteiger partial charge on any atom is -0.347 e. The molecule has 3 aromatic rings. The van der Waals surface area contributed by atoms with Crippen LogP contribution in [0, 0.1) is 5.41 Å². The second-order valence-corrected chi connectivity index (χ2v) is 9.85. The Kier molecular flexibility index (Phi) is 7.13. The molecule has 4 rings (SSSR count). The van der Waals surface area contributed by atoms with E-state index in [4.69, 9.17) is 11.6 Å². The number of pyridine rings is 1. The van der Waals surface area contributed by atoms with Gasteiger partial charge in [0.25, 0.3) is 5.91 Å². The molecule has 0 spiro atoms. The number of hydrogen-bond acceptors (Lipinski definition) is 6. The van der Waals surface area contributed by atoms with E-state index in [1.165, 1.54) is 16.1 Å². The lowest BCUT2D eigenvalue weighted by molar-refractivity contribution is -0.143. The van der Waals surface area contributed by atoms with E-state index in [1.807, 2.05) is 24.3 Å². The van der Waals surface area contributed by atoms with E-state index in [2.05, 4.69) is 20.5 Å². The first kappa shape index (κ1) is 26.0. The molecule has 3 heterocycles. The minimum absolute atomic E-state index is 0.0271. The van der Waals surface area contributed by atoms with Gasteiger partial charge in [-0.2, -0.15) is 15.2 Å². The molecule has 0 bridgehead atoms. The van der Waals surface area contributed by atoms with Crippen LogP contribution >= 0.6 is 11.6 Å². The van der Waals surface area contributed by atoms with Crippen molar-refractivity contribution in [2.45, 2.75) is 26.3 Å². The van der Waals surface area contributed by atoms with Gasteiger partial charge in [0.05, 0.1) is 23.8 Å². The number of anilines is 1. The van der Waals surface area contributed by atoms with E-state index >= 15 is 0 Å². The van der Waals surface area contributed by atoms with Crippen molar-refractivity contribution in [1.82, 2.24) is 25.0 Å². The third-order valence-corrected chi connectivity index (χ3v) is 6.49. The van der Waals surface area contributed by atoms with Crippen LogP contribution in [0.5, 0.6) is 0 Å². The Labute approximate surface area is 219 Å². The molecule has 1 N–H and O–H groups in total. The summed E-state index contributed by atoms with van der Waals surface area (Å²) in [5.41, 5.74) is 1.71. The van der Waals surface area contributed by atoms with Gasteiger partial charge in [-0.25, -0.2) is 0 Å². The lowest BCUT2D eigenvalue weighted by Crippen LogP contribution is -2.57. The number of carbonyl (C=O) groups is 3. The molecule has 2 aromatic heterocycles. The van der Waals surface area contributed by atoms with Crippen molar-refractivity contribution >= 4 is 40.7 Å². The molecule has 3 amide bonds. The summed E-state index contributed by atoms with van der Waals surface area (Å²) < 4.78 is 1.55. The first-order chi connectivity index (χ1) is 17.5. The quantitative estimate of drug-likeness (QED) is 0.501. The number of hydrazone groups is 1. The van der Waals surface area contributed by atoms with Crippen molar-refractivity contribution in [2.24, 2.45) is 17.6 Å². The maximum Gasteiger partial charge on any atom is 0.263 e. The molecule has 1 aromatic carbocycles. The fourth-order valence-corrected chi connectivity index (χ4v) is 4.16. The van der Waals surface area contributed by atoms with Crippen LogP contribution in [0.15, 0.2) is 60.1 Å². The van der Waals surface area contributed by atoms with Crippen LogP contribution in [0.1, 0.15) is 25.8 Å². The van der Waals surface area contributed by atoms with Crippen molar-refractivity contribution in [3.63, 3.8) is 0 Å². The number of halogens is 1. The van der Waals surface area contributed by atoms with E-state index in [1.54, 1.807) is 64.2 Å². The molecular formula is C26H28ClN7O3. The summed E-state index contributed by atoms with van der Waals surface area (Å²) in [6.07, 6.45) is 4.83. The van der Waals surface area contributed by atoms with E-state index in [-0.39, 0.29) is 12.3 Å². The summed E-state index contributed by atoms with van der Waals surface area (Å²) in [6, 6.07) is 10.2. The van der Waals surface area contributed by atoms with Gasteiger partial charge in [0.2, 0.25) is 11.8 Å². The molecule has 0 fully saturated rings. The summed E-state index contributed by atoms with van der Waals surface area (Å²) >= 11 is 5.99. The van der Waals surface area contributed by atoms with Crippen LogP contribution in [-0.4, -0.2) is 63.2 Å². The number of nitrogens with zero attached hydrogens (tertiary/aromatic N) is 6. The monoisotopic (exact) mass is 521 g/mol. The highest BCUT2D eigenvalue weighted by atomic mass is 35.5. The van der Waals surface area contributed by atoms with Gasteiger partial charge in [0, 0.05) is 49.9 Å². The molecule has 11 heteroatoms. The first-order valence-electron chi connectivity index (χ1n) is 11.6. The number of rotatable bonds is 6. The maximum atomic E-state index is 13.6. The van der Waals surface area contributed by atoms with Gasteiger partial charge in [-0.1, -0.05) is 23.7 Å². The van der Waals surface area contributed by atoms with Gasteiger partial charge in [0.15, 0.2) is 0 Å². The van der Waals surface area contributed by atoms with Crippen LogP contribution in [-0.2, 0) is 21.4 Å². The molecular weight excluding hydrogens is 494 g/mol. The average molecular weight is 522 g/mol. The lowest BCUT2D eigenvalue weighted by atomic mass is 9.79. The molecule has 1 unspecified atom stereocenters. The number of likely N-dealkylation sites (N-methyl/N-ethyl adjacent to an activating group) is 1. The zero-order valence-corrected chi connectivity index (χ0v) is 22.0. The van der Waals surface area contributed by atoms with E-state index in [0.29, 0.717) is 22.0 Å². The summed E-state index contributed by atoms with van der Waals surface area (Å²) in [5, 5.41) is 13.3. The largest absolute Gasteiger partial charge is 0.347 e. The van der Waals surface area contributed by atoms with Gasteiger partial charge >= 0.3 is 0 Å². The van der Waals surface area contributed by atoms with Gasteiger partial charge in [-0.15, -0.1) is 0 Å². The number of aromatic nitrogens is 3. The van der Waals surface area contributed by atoms with Crippen LogP contribution in [0.25, 0.3) is 11.3 Å². The number of aryl methyl sites for hydroxylation is 1. The lowest BCUT2D eigenvalue weighted by Gasteiger charge is -2.36. The van der Waals surface area contributed by atoms with Crippen molar-refractivity contribution in [3.05, 3.63) is 65.6 Å². The van der Waals surface area contributed by atoms with Crippen LogP contribution in [0.3, 0.4) is 0 Å².